The standard InChI is InChI=1S/C14H15NO3S/c16-13(17)10-5-6-11-12(7-10)18-14(15-11)19-8-9-3-1-2-4-9/h5-7,9H,1-4,8H2,(H,16,17). The van der Waals surface area contributed by atoms with Gasteiger partial charge in [0.05, 0.1) is 5.56 Å². The summed E-state index contributed by atoms with van der Waals surface area (Å²) >= 11 is 1.63. The van der Waals surface area contributed by atoms with Crippen molar-refractivity contribution in [2.75, 3.05) is 5.75 Å². The summed E-state index contributed by atoms with van der Waals surface area (Å²) in [5.74, 6) is 0.867. The molecule has 100 valence electrons. The minimum absolute atomic E-state index is 0.232. The van der Waals surface area contributed by atoms with E-state index in [1.54, 1.807) is 23.9 Å². The first-order valence-electron chi connectivity index (χ1n) is 6.49. The van der Waals surface area contributed by atoms with Crippen molar-refractivity contribution in [3.63, 3.8) is 0 Å². The monoisotopic (exact) mass is 277 g/mol. The van der Waals surface area contributed by atoms with Crippen molar-refractivity contribution in [3.05, 3.63) is 23.8 Å². The Labute approximate surface area is 115 Å². The van der Waals surface area contributed by atoms with Crippen molar-refractivity contribution in [1.82, 2.24) is 4.98 Å². The fraction of sp³-hybridized carbons (Fsp3) is 0.429. The molecular weight excluding hydrogens is 262 g/mol. The van der Waals surface area contributed by atoms with E-state index in [1.807, 2.05) is 0 Å². The van der Waals surface area contributed by atoms with E-state index in [0.717, 1.165) is 17.2 Å². The molecule has 0 spiro atoms. The summed E-state index contributed by atoms with van der Waals surface area (Å²) in [7, 11) is 0. The maximum absolute atomic E-state index is 10.9. The molecule has 1 aromatic carbocycles. The average Bonchev–Trinajstić information content (AvgIpc) is 3.04. The van der Waals surface area contributed by atoms with Gasteiger partial charge in [0.2, 0.25) is 0 Å². The molecule has 5 heteroatoms. The van der Waals surface area contributed by atoms with Crippen LogP contribution in [0.3, 0.4) is 0 Å². The number of carboxylic acids is 1. The van der Waals surface area contributed by atoms with Crippen molar-refractivity contribution in [2.45, 2.75) is 30.9 Å². The zero-order valence-electron chi connectivity index (χ0n) is 10.5. The van der Waals surface area contributed by atoms with Gasteiger partial charge in [-0.3, -0.25) is 0 Å². The summed E-state index contributed by atoms with van der Waals surface area (Å²) in [6.07, 6.45) is 5.27. The second kappa shape index (κ2) is 5.25. The van der Waals surface area contributed by atoms with Crippen molar-refractivity contribution in [1.29, 1.82) is 0 Å². The Kier molecular flexibility index (Phi) is 3.46. The molecule has 0 atom stereocenters. The molecule has 1 aliphatic carbocycles. The number of hydrogen-bond donors (Lipinski definition) is 1. The van der Waals surface area contributed by atoms with Crippen LogP contribution in [0.15, 0.2) is 27.8 Å². The lowest BCUT2D eigenvalue weighted by Gasteiger charge is -2.04. The van der Waals surface area contributed by atoms with Gasteiger partial charge in [-0.1, -0.05) is 24.6 Å². The van der Waals surface area contributed by atoms with Gasteiger partial charge in [0.25, 0.3) is 5.22 Å². The van der Waals surface area contributed by atoms with Crippen LogP contribution >= 0.6 is 11.8 Å². The van der Waals surface area contributed by atoms with Crippen LogP contribution < -0.4 is 0 Å². The lowest BCUT2D eigenvalue weighted by atomic mass is 10.1. The molecular formula is C14H15NO3S. The number of carbonyl (C=O) groups is 1. The van der Waals surface area contributed by atoms with Gasteiger partial charge in [0, 0.05) is 5.75 Å². The van der Waals surface area contributed by atoms with Gasteiger partial charge in [0.1, 0.15) is 5.52 Å². The molecule has 1 saturated carbocycles. The molecule has 1 N–H and O–H groups in total. The smallest absolute Gasteiger partial charge is 0.335 e. The van der Waals surface area contributed by atoms with Crippen molar-refractivity contribution >= 4 is 28.8 Å². The molecule has 0 radical (unpaired) electrons. The van der Waals surface area contributed by atoms with Crippen molar-refractivity contribution < 1.29 is 14.3 Å². The summed E-state index contributed by atoms with van der Waals surface area (Å²) in [6.45, 7) is 0. The van der Waals surface area contributed by atoms with Gasteiger partial charge in [-0.05, 0) is 37.0 Å². The highest BCUT2D eigenvalue weighted by Crippen LogP contribution is 2.32. The minimum atomic E-state index is -0.946. The Morgan fingerprint density at radius 2 is 2.21 bits per heavy atom. The number of benzene rings is 1. The van der Waals surface area contributed by atoms with E-state index < -0.39 is 5.97 Å². The molecule has 1 fully saturated rings. The Bertz CT molecular complexity index is 602. The Morgan fingerprint density at radius 1 is 1.42 bits per heavy atom. The molecule has 0 amide bonds. The van der Waals surface area contributed by atoms with Crippen LogP contribution in [-0.2, 0) is 0 Å². The fourth-order valence-electron chi connectivity index (χ4n) is 2.46. The summed E-state index contributed by atoms with van der Waals surface area (Å²) in [5.41, 5.74) is 1.50. The van der Waals surface area contributed by atoms with E-state index in [9.17, 15) is 4.79 Å². The maximum atomic E-state index is 10.9. The van der Waals surface area contributed by atoms with Crippen LogP contribution in [0.1, 0.15) is 36.0 Å². The van der Waals surface area contributed by atoms with E-state index in [2.05, 4.69) is 4.98 Å². The SMILES string of the molecule is O=C(O)c1ccc2nc(SCC3CCCC3)oc2c1. The van der Waals surface area contributed by atoms with Crippen LogP contribution in [0.2, 0.25) is 0 Å². The highest BCUT2D eigenvalue weighted by Gasteiger charge is 2.17. The maximum Gasteiger partial charge on any atom is 0.335 e. The molecule has 1 aromatic heterocycles. The molecule has 4 nitrogen and oxygen atoms in total. The van der Waals surface area contributed by atoms with Crippen LogP contribution in [0.5, 0.6) is 0 Å². The van der Waals surface area contributed by atoms with Gasteiger partial charge >= 0.3 is 5.97 Å². The summed E-state index contributed by atoms with van der Waals surface area (Å²) in [6, 6.07) is 4.78. The van der Waals surface area contributed by atoms with E-state index >= 15 is 0 Å². The summed E-state index contributed by atoms with van der Waals surface area (Å²) in [4.78, 5) is 15.3. The quantitative estimate of drug-likeness (QED) is 0.861. The first-order valence-corrected chi connectivity index (χ1v) is 7.47. The molecule has 1 aliphatic rings. The predicted octanol–water partition coefficient (Wildman–Crippen LogP) is 3.81. The second-order valence-corrected chi connectivity index (χ2v) is 5.90. The van der Waals surface area contributed by atoms with E-state index in [1.165, 1.54) is 31.7 Å². The third kappa shape index (κ3) is 2.76. The largest absolute Gasteiger partial charge is 0.478 e. The lowest BCUT2D eigenvalue weighted by molar-refractivity contribution is 0.0697. The molecule has 0 aliphatic heterocycles. The molecule has 1 heterocycles. The van der Waals surface area contributed by atoms with Crippen LogP contribution in [0, 0.1) is 5.92 Å². The Balaban J connectivity index is 1.75. The zero-order valence-corrected chi connectivity index (χ0v) is 11.3. The van der Waals surface area contributed by atoms with E-state index in [0.29, 0.717) is 10.8 Å². The lowest BCUT2D eigenvalue weighted by Crippen LogP contribution is -1.95. The number of aromatic carboxylic acids is 1. The van der Waals surface area contributed by atoms with E-state index in [-0.39, 0.29) is 5.56 Å². The number of thioether (sulfide) groups is 1. The third-order valence-electron chi connectivity index (χ3n) is 3.53. The fourth-order valence-corrected chi connectivity index (χ4v) is 3.49. The topological polar surface area (TPSA) is 63.3 Å². The van der Waals surface area contributed by atoms with Crippen molar-refractivity contribution in [3.8, 4) is 0 Å². The molecule has 0 saturated heterocycles. The minimum Gasteiger partial charge on any atom is -0.478 e. The average molecular weight is 277 g/mol. The van der Waals surface area contributed by atoms with Gasteiger partial charge in [0.15, 0.2) is 5.58 Å². The number of rotatable bonds is 4. The highest BCUT2D eigenvalue weighted by atomic mass is 32.2. The van der Waals surface area contributed by atoms with Gasteiger partial charge in [-0.2, -0.15) is 0 Å². The number of carboxylic acid groups (broad SMARTS) is 1. The molecule has 2 aromatic rings. The van der Waals surface area contributed by atoms with Crippen molar-refractivity contribution in [2.24, 2.45) is 5.92 Å². The molecule has 0 bridgehead atoms. The highest BCUT2D eigenvalue weighted by molar-refractivity contribution is 7.99. The summed E-state index contributed by atoms with van der Waals surface area (Å²) < 4.78 is 5.61. The van der Waals surface area contributed by atoms with Gasteiger partial charge in [-0.15, -0.1) is 0 Å². The molecule has 19 heavy (non-hydrogen) atoms. The van der Waals surface area contributed by atoms with E-state index in [4.69, 9.17) is 9.52 Å². The van der Waals surface area contributed by atoms with Gasteiger partial charge < -0.3 is 9.52 Å². The molecule has 0 unspecified atom stereocenters. The van der Waals surface area contributed by atoms with Gasteiger partial charge in [-0.25, -0.2) is 9.78 Å². The van der Waals surface area contributed by atoms with Crippen LogP contribution in [-0.4, -0.2) is 21.8 Å². The first kappa shape index (κ1) is 12.5. The summed E-state index contributed by atoms with van der Waals surface area (Å²) in [5, 5.41) is 9.57. The Morgan fingerprint density at radius 3 is 2.95 bits per heavy atom. The predicted molar refractivity (Wildman–Crippen MR) is 73.7 cm³/mol. The third-order valence-corrected chi connectivity index (χ3v) is 4.59. The zero-order chi connectivity index (χ0) is 13.2. The Hall–Kier alpha value is -1.49. The second-order valence-electron chi connectivity index (χ2n) is 4.93. The van der Waals surface area contributed by atoms with Crippen LogP contribution in [0.25, 0.3) is 11.1 Å². The number of fused-ring (bicyclic) bond motifs is 1. The number of oxazole rings is 1. The number of hydrogen-bond acceptors (Lipinski definition) is 4. The number of nitrogens with zero attached hydrogens (tertiary/aromatic N) is 1. The molecule has 3 rings (SSSR count). The van der Waals surface area contributed by atoms with Crippen LogP contribution in [0.4, 0.5) is 0 Å². The first-order chi connectivity index (χ1) is 9.22. The normalized spacial score (nSPS) is 16.2. The number of aromatic nitrogens is 1.